The fraction of sp³-hybridized carbons (Fsp3) is 0.500. The molecule has 1 amide bonds. The number of aryl methyl sites for hydroxylation is 1. The van der Waals surface area contributed by atoms with Gasteiger partial charge in [-0.3, -0.25) is 4.79 Å². The summed E-state index contributed by atoms with van der Waals surface area (Å²) in [6, 6.07) is 2.78. The maximum Gasteiger partial charge on any atom is 0.433 e. The third-order valence-electron chi connectivity index (χ3n) is 4.48. The fourth-order valence-electron chi connectivity index (χ4n) is 2.98. The van der Waals surface area contributed by atoms with Crippen molar-refractivity contribution in [2.75, 3.05) is 20.1 Å². The molecule has 2 aromatic rings. The molecule has 0 radical (unpaired) electrons. The van der Waals surface area contributed by atoms with Crippen LogP contribution in [-0.2, 0) is 6.18 Å². The van der Waals surface area contributed by atoms with Crippen LogP contribution in [0, 0.1) is 6.92 Å². The lowest BCUT2D eigenvalue weighted by Gasteiger charge is -2.31. The molecule has 24 heavy (non-hydrogen) atoms. The summed E-state index contributed by atoms with van der Waals surface area (Å²) in [4.78, 5) is 18.9. The van der Waals surface area contributed by atoms with Crippen molar-refractivity contribution in [3.8, 4) is 0 Å². The van der Waals surface area contributed by atoms with Gasteiger partial charge in [0, 0.05) is 24.5 Å². The van der Waals surface area contributed by atoms with E-state index in [2.05, 4.69) is 10.3 Å². The number of halogens is 3. The standard InChI is InChI=1S/C16H18F3N3OS/c1-9-11-3-4-12(16(17,18)19)21-14(11)24-13(9)15(23)22-7-5-10(20-2)6-8-22/h3-4,10,20H,5-8H2,1-2H3. The van der Waals surface area contributed by atoms with Gasteiger partial charge in [-0.15, -0.1) is 11.3 Å². The van der Waals surface area contributed by atoms with Crippen LogP contribution in [0.5, 0.6) is 0 Å². The van der Waals surface area contributed by atoms with Crippen molar-refractivity contribution in [3.05, 3.63) is 28.3 Å². The molecule has 130 valence electrons. The number of piperidine rings is 1. The second-order valence-corrected chi connectivity index (χ2v) is 6.96. The number of nitrogens with zero attached hydrogens (tertiary/aromatic N) is 2. The van der Waals surface area contributed by atoms with E-state index in [-0.39, 0.29) is 10.7 Å². The van der Waals surface area contributed by atoms with Crippen molar-refractivity contribution < 1.29 is 18.0 Å². The molecular weight excluding hydrogens is 339 g/mol. The van der Waals surface area contributed by atoms with E-state index in [4.69, 9.17) is 0 Å². The van der Waals surface area contributed by atoms with Crippen LogP contribution in [0.1, 0.15) is 33.8 Å². The average molecular weight is 357 g/mol. The first-order chi connectivity index (χ1) is 11.3. The highest BCUT2D eigenvalue weighted by atomic mass is 32.1. The molecule has 0 spiro atoms. The van der Waals surface area contributed by atoms with Gasteiger partial charge in [-0.1, -0.05) is 0 Å². The Kier molecular flexibility index (Phi) is 4.52. The molecule has 1 N–H and O–H groups in total. The van der Waals surface area contributed by atoms with Crippen molar-refractivity contribution in [2.45, 2.75) is 32.0 Å². The minimum atomic E-state index is -4.48. The second-order valence-electron chi connectivity index (χ2n) is 5.96. The minimum absolute atomic E-state index is 0.112. The molecule has 0 saturated carbocycles. The van der Waals surface area contributed by atoms with Gasteiger partial charge in [0.1, 0.15) is 10.5 Å². The Morgan fingerprint density at radius 3 is 2.58 bits per heavy atom. The van der Waals surface area contributed by atoms with Crippen LogP contribution < -0.4 is 5.32 Å². The second kappa shape index (κ2) is 6.33. The molecule has 2 aromatic heterocycles. The van der Waals surface area contributed by atoms with Crippen LogP contribution >= 0.6 is 11.3 Å². The summed E-state index contributed by atoms with van der Waals surface area (Å²) < 4.78 is 38.4. The molecule has 0 aliphatic carbocycles. The molecule has 0 bridgehead atoms. The summed E-state index contributed by atoms with van der Waals surface area (Å²) in [5.41, 5.74) is -0.220. The van der Waals surface area contributed by atoms with Crippen molar-refractivity contribution >= 4 is 27.5 Å². The van der Waals surface area contributed by atoms with E-state index in [1.807, 2.05) is 7.05 Å². The summed E-state index contributed by atoms with van der Waals surface area (Å²) in [7, 11) is 1.90. The quantitative estimate of drug-likeness (QED) is 0.895. The molecule has 3 rings (SSSR count). The normalized spacial score (nSPS) is 16.8. The summed E-state index contributed by atoms with van der Waals surface area (Å²) in [6.07, 6.45) is -2.73. The van der Waals surface area contributed by atoms with E-state index in [9.17, 15) is 18.0 Å². The zero-order valence-electron chi connectivity index (χ0n) is 13.4. The smallest absolute Gasteiger partial charge is 0.338 e. The van der Waals surface area contributed by atoms with Gasteiger partial charge < -0.3 is 10.2 Å². The maximum atomic E-state index is 12.8. The van der Waals surface area contributed by atoms with E-state index in [0.29, 0.717) is 35.0 Å². The highest BCUT2D eigenvalue weighted by molar-refractivity contribution is 7.20. The molecule has 1 aliphatic rings. The third kappa shape index (κ3) is 3.12. The number of fused-ring (bicyclic) bond motifs is 1. The first-order valence-electron chi connectivity index (χ1n) is 7.75. The lowest BCUT2D eigenvalue weighted by Crippen LogP contribution is -2.43. The number of alkyl halides is 3. The number of carbonyl (C=O) groups is 1. The van der Waals surface area contributed by atoms with Crippen LogP contribution in [0.4, 0.5) is 13.2 Å². The highest BCUT2D eigenvalue weighted by Crippen LogP contribution is 2.35. The average Bonchev–Trinajstić information content (AvgIpc) is 2.90. The van der Waals surface area contributed by atoms with Gasteiger partial charge >= 0.3 is 6.18 Å². The van der Waals surface area contributed by atoms with Crippen LogP contribution in [0.15, 0.2) is 12.1 Å². The Balaban J connectivity index is 1.89. The molecule has 1 saturated heterocycles. The van der Waals surface area contributed by atoms with Crippen LogP contribution in [0.3, 0.4) is 0 Å². The molecule has 1 fully saturated rings. The van der Waals surface area contributed by atoms with E-state index < -0.39 is 11.9 Å². The van der Waals surface area contributed by atoms with Crippen LogP contribution in [0.25, 0.3) is 10.2 Å². The Morgan fingerprint density at radius 2 is 2.00 bits per heavy atom. The fourth-order valence-corrected chi connectivity index (χ4v) is 4.12. The van der Waals surface area contributed by atoms with E-state index in [0.717, 1.165) is 30.2 Å². The Bertz CT molecular complexity index is 764. The summed E-state index contributed by atoms with van der Waals surface area (Å²) in [6.45, 7) is 3.07. The van der Waals surface area contributed by atoms with Crippen molar-refractivity contribution in [1.29, 1.82) is 0 Å². The number of hydrogen-bond donors (Lipinski definition) is 1. The van der Waals surface area contributed by atoms with Crippen LogP contribution in [-0.4, -0.2) is 42.0 Å². The number of amides is 1. The summed E-state index contributed by atoms with van der Waals surface area (Å²) >= 11 is 1.04. The number of likely N-dealkylation sites (tertiary alicyclic amines) is 1. The number of hydrogen-bond acceptors (Lipinski definition) is 4. The van der Waals surface area contributed by atoms with Crippen molar-refractivity contribution in [2.24, 2.45) is 0 Å². The molecule has 1 aliphatic heterocycles. The largest absolute Gasteiger partial charge is 0.433 e. The lowest BCUT2D eigenvalue weighted by atomic mass is 10.0. The molecule has 0 aromatic carbocycles. The molecular formula is C16H18F3N3OS. The predicted molar refractivity (Wildman–Crippen MR) is 87.3 cm³/mol. The van der Waals surface area contributed by atoms with Gasteiger partial charge in [-0.25, -0.2) is 4.98 Å². The first-order valence-corrected chi connectivity index (χ1v) is 8.56. The number of nitrogens with one attached hydrogen (secondary N) is 1. The van der Waals surface area contributed by atoms with Crippen molar-refractivity contribution in [3.63, 3.8) is 0 Å². The van der Waals surface area contributed by atoms with Gasteiger partial charge in [0.2, 0.25) is 0 Å². The Morgan fingerprint density at radius 1 is 1.33 bits per heavy atom. The lowest BCUT2D eigenvalue weighted by molar-refractivity contribution is -0.140. The summed E-state index contributed by atoms with van der Waals surface area (Å²) in [5.74, 6) is -0.112. The van der Waals surface area contributed by atoms with Gasteiger partial charge in [0.15, 0.2) is 0 Å². The zero-order chi connectivity index (χ0) is 17.5. The molecule has 8 heteroatoms. The highest BCUT2D eigenvalue weighted by Gasteiger charge is 2.33. The molecule has 0 atom stereocenters. The predicted octanol–water partition coefficient (Wildman–Crippen LogP) is 3.45. The third-order valence-corrected chi connectivity index (χ3v) is 5.67. The zero-order valence-corrected chi connectivity index (χ0v) is 14.2. The van der Waals surface area contributed by atoms with Crippen molar-refractivity contribution in [1.82, 2.24) is 15.2 Å². The summed E-state index contributed by atoms with van der Waals surface area (Å²) in [5, 5.41) is 3.82. The molecule has 3 heterocycles. The Hall–Kier alpha value is -1.67. The number of rotatable bonds is 2. The molecule has 0 unspecified atom stereocenters. The monoisotopic (exact) mass is 357 g/mol. The number of aromatic nitrogens is 1. The first kappa shape index (κ1) is 17.2. The topological polar surface area (TPSA) is 45.2 Å². The van der Waals surface area contributed by atoms with Crippen LogP contribution in [0.2, 0.25) is 0 Å². The number of pyridine rings is 1. The van der Waals surface area contributed by atoms with Gasteiger partial charge in [-0.05, 0) is 44.5 Å². The molecule has 4 nitrogen and oxygen atoms in total. The van der Waals surface area contributed by atoms with Gasteiger partial charge in [-0.2, -0.15) is 13.2 Å². The number of thiophene rings is 1. The Labute approximate surface area is 141 Å². The van der Waals surface area contributed by atoms with E-state index in [1.54, 1.807) is 11.8 Å². The minimum Gasteiger partial charge on any atom is -0.338 e. The van der Waals surface area contributed by atoms with E-state index in [1.165, 1.54) is 6.07 Å². The van der Waals surface area contributed by atoms with Gasteiger partial charge in [0.05, 0.1) is 4.88 Å². The van der Waals surface area contributed by atoms with E-state index >= 15 is 0 Å². The van der Waals surface area contributed by atoms with Gasteiger partial charge in [0.25, 0.3) is 5.91 Å². The number of carbonyl (C=O) groups excluding carboxylic acids is 1. The maximum absolute atomic E-state index is 12.8. The SMILES string of the molecule is CNC1CCN(C(=O)c2sc3nc(C(F)(F)F)ccc3c2C)CC1.